The van der Waals surface area contributed by atoms with Crippen molar-refractivity contribution in [1.82, 2.24) is 4.72 Å². The van der Waals surface area contributed by atoms with Gasteiger partial charge in [-0.05, 0) is 60.7 Å². The molecule has 3 aromatic rings. The largest absolute Gasteiger partial charge is 0.468 e. The van der Waals surface area contributed by atoms with Gasteiger partial charge in [0.1, 0.15) is 11.6 Å². The van der Waals surface area contributed by atoms with Crippen molar-refractivity contribution in [2.24, 2.45) is 0 Å². The van der Waals surface area contributed by atoms with Gasteiger partial charge in [-0.15, -0.1) is 0 Å². The first-order chi connectivity index (χ1) is 16.3. The van der Waals surface area contributed by atoms with E-state index in [9.17, 15) is 22.4 Å². The summed E-state index contributed by atoms with van der Waals surface area (Å²) < 4.78 is 50.4. The fraction of sp³-hybridized carbons (Fsp3) is 0.174. The zero-order chi connectivity index (χ0) is 24.6. The van der Waals surface area contributed by atoms with Crippen LogP contribution in [-0.4, -0.2) is 33.4 Å². The van der Waals surface area contributed by atoms with Crippen LogP contribution in [0.3, 0.4) is 0 Å². The number of amides is 1. The standard InChI is InChI=1S/C23H20FN3O6S/c24-18-6-8-19(9-7-18)27(13-2-12-25)22(28)16-33-23(29)17-4-10-21(11-5-17)34(30,31)26-15-20-3-1-14-32-20/h1,3-11,14,26H,2,13,15-16H2. The van der Waals surface area contributed by atoms with Crippen molar-refractivity contribution in [3.63, 3.8) is 0 Å². The predicted octanol–water partition coefficient (Wildman–Crippen LogP) is 3.00. The predicted molar refractivity (Wildman–Crippen MR) is 118 cm³/mol. The topological polar surface area (TPSA) is 130 Å². The Labute approximate surface area is 195 Å². The van der Waals surface area contributed by atoms with Gasteiger partial charge in [0.15, 0.2) is 6.61 Å². The minimum atomic E-state index is -3.83. The molecule has 34 heavy (non-hydrogen) atoms. The zero-order valence-corrected chi connectivity index (χ0v) is 18.6. The Morgan fingerprint density at radius 2 is 1.79 bits per heavy atom. The zero-order valence-electron chi connectivity index (χ0n) is 17.8. The first kappa shape index (κ1) is 24.6. The highest BCUT2D eigenvalue weighted by Gasteiger charge is 2.19. The lowest BCUT2D eigenvalue weighted by Gasteiger charge is -2.21. The Balaban J connectivity index is 1.60. The fourth-order valence-corrected chi connectivity index (χ4v) is 3.90. The van der Waals surface area contributed by atoms with Crippen LogP contribution >= 0.6 is 0 Å². The van der Waals surface area contributed by atoms with Gasteiger partial charge in [0.05, 0.1) is 35.8 Å². The summed E-state index contributed by atoms with van der Waals surface area (Å²) >= 11 is 0. The van der Waals surface area contributed by atoms with Crippen LogP contribution in [0, 0.1) is 17.1 Å². The number of ether oxygens (including phenoxy) is 1. The highest BCUT2D eigenvalue weighted by atomic mass is 32.2. The fourth-order valence-electron chi connectivity index (χ4n) is 2.90. The second-order valence-electron chi connectivity index (χ2n) is 6.93. The molecule has 2 aromatic carbocycles. The van der Waals surface area contributed by atoms with E-state index in [-0.39, 0.29) is 30.0 Å². The number of hydrogen-bond acceptors (Lipinski definition) is 7. The molecule has 1 aromatic heterocycles. The first-order valence-corrected chi connectivity index (χ1v) is 11.5. The van der Waals surface area contributed by atoms with Gasteiger partial charge >= 0.3 is 5.97 Å². The number of rotatable bonds is 10. The summed E-state index contributed by atoms with van der Waals surface area (Å²) in [6.45, 7) is -0.611. The lowest BCUT2D eigenvalue weighted by Crippen LogP contribution is -2.35. The number of esters is 1. The van der Waals surface area contributed by atoms with Gasteiger partial charge in [-0.3, -0.25) is 4.79 Å². The molecule has 0 saturated heterocycles. The van der Waals surface area contributed by atoms with E-state index in [4.69, 9.17) is 14.4 Å². The Morgan fingerprint density at radius 1 is 1.09 bits per heavy atom. The van der Waals surface area contributed by atoms with Gasteiger partial charge in [-0.25, -0.2) is 22.3 Å². The quantitative estimate of drug-likeness (QED) is 0.437. The molecule has 0 radical (unpaired) electrons. The van der Waals surface area contributed by atoms with Crippen molar-refractivity contribution < 1.29 is 31.6 Å². The van der Waals surface area contributed by atoms with Gasteiger partial charge in [0.25, 0.3) is 5.91 Å². The lowest BCUT2D eigenvalue weighted by molar-refractivity contribution is -0.121. The van der Waals surface area contributed by atoms with Gasteiger partial charge in [-0.1, -0.05) is 0 Å². The molecule has 176 valence electrons. The summed E-state index contributed by atoms with van der Waals surface area (Å²) in [6, 6.07) is 15.3. The molecule has 0 aliphatic rings. The molecule has 11 heteroatoms. The normalized spacial score (nSPS) is 10.9. The van der Waals surface area contributed by atoms with Gasteiger partial charge < -0.3 is 14.1 Å². The summed E-state index contributed by atoms with van der Waals surface area (Å²) in [5.41, 5.74) is 0.400. The smallest absolute Gasteiger partial charge is 0.338 e. The Morgan fingerprint density at radius 3 is 2.41 bits per heavy atom. The summed E-state index contributed by atoms with van der Waals surface area (Å²) in [7, 11) is -3.83. The molecular formula is C23H20FN3O6S. The van der Waals surface area contributed by atoms with E-state index in [1.165, 1.54) is 59.7 Å². The van der Waals surface area contributed by atoms with E-state index in [1.54, 1.807) is 12.1 Å². The van der Waals surface area contributed by atoms with E-state index in [0.29, 0.717) is 11.4 Å². The average Bonchev–Trinajstić information content (AvgIpc) is 3.36. The number of furan rings is 1. The number of carbonyl (C=O) groups excluding carboxylic acids is 2. The van der Waals surface area contributed by atoms with E-state index >= 15 is 0 Å². The number of anilines is 1. The van der Waals surface area contributed by atoms with Crippen molar-refractivity contribution in [2.45, 2.75) is 17.9 Å². The Kier molecular flexibility index (Phi) is 8.13. The number of nitrogens with zero attached hydrogens (tertiary/aromatic N) is 2. The first-order valence-electron chi connectivity index (χ1n) is 10.0. The third kappa shape index (κ3) is 6.50. The van der Waals surface area contributed by atoms with Crippen LogP contribution in [0.1, 0.15) is 22.5 Å². The van der Waals surface area contributed by atoms with E-state index in [1.807, 2.05) is 6.07 Å². The molecule has 0 atom stereocenters. The molecule has 0 aliphatic carbocycles. The number of hydrogen-bond donors (Lipinski definition) is 1. The third-order valence-electron chi connectivity index (χ3n) is 4.63. The minimum absolute atomic E-state index is 0.0287. The van der Waals surface area contributed by atoms with Gasteiger partial charge in [-0.2, -0.15) is 5.26 Å². The molecule has 1 N–H and O–H groups in total. The highest BCUT2D eigenvalue weighted by Crippen LogP contribution is 2.17. The molecule has 0 saturated carbocycles. The van der Waals surface area contributed by atoms with Gasteiger partial charge in [0.2, 0.25) is 10.0 Å². The molecule has 0 aliphatic heterocycles. The molecule has 9 nitrogen and oxygen atoms in total. The molecule has 1 heterocycles. The number of nitrogens with one attached hydrogen (secondary N) is 1. The van der Waals surface area contributed by atoms with Crippen LogP contribution in [0.4, 0.5) is 10.1 Å². The SMILES string of the molecule is N#CCCN(C(=O)COC(=O)c1ccc(S(=O)(=O)NCc2ccco2)cc1)c1ccc(F)cc1. The summed E-state index contributed by atoms with van der Waals surface area (Å²) in [5, 5.41) is 8.83. The summed E-state index contributed by atoms with van der Waals surface area (Å²) in [5.74, 6) is -1.47. The maximum absolute atomic E-state index is 13.2. The van der Waals surface area contributed by atoms with Gasteiger partial charge in [0, 0.05) is 12.2 Å². The summed E-state index contributed by atoms with van der Waals surface area (Å²) in [4.78, 5) is 26.1. The number of nitriles is 1. The van der Waals surface area contributed by atoms with Crippen LogP contribution in [0.15, 0.2) is 76.2 Å². The monoisotopic (exact) mass is 485 g/mol. The van der Waals surface area contributed by atoms with Crippen LogP contribution in [-0.2, 0) is 26.1 Å². The van der Waals surface area contributed by atoms with E-state index in [0.717, 1.165) is 0 Å². The molecule has 1 amide bonds. The number of benzene rings is 2. The number of carbonyl (C=O) groups is 2. The third-order valence-corrected chi connectivity index (χ3v) is 6.05. The molecule has 0 fully saturated rings. The molecular weight excluding hydrogens is 465 g/mol. The minimum Gasteiger partial charge on any atom is -0.468 e. The summed E-state index contributed by atoms with van der Waals surface area (Å²) in [6.07, 6.45) is 1.46. The Hall–Kier alpha value is -4.01. The number of halogens is 1. The molecule has 3 rings (SSSR count). The van der Waals surface area contributed by atoms with E-state index < -0.39 is 34.3 Å². The number of sulfonamides is 1. The lowest BCUT2D eigenvalue weighted by atomic mass is 10.2. The second kappa shape index (κ2) is 11.2. The van der Waals surface area contributed by atoms with Crippen LogP contribution in [0.25, 0.3) is 0 Å². The molecule has 0 bridgehead atoms. The maximum atomic E-state index is 13.2. The van der Waals surface area contributed by atoms with Crippen LogP contribution in [0.2, 0.25) is 0 Å². The van der Waals surface area contributed by atoms with Crippen LogP contribution in [0.5, 0.6) is 0 Å². The van der Waals surface area contributed by atoms with Crippen molar-refractivity contribution in [3.8, 4) is 6.07 Å². The van der Waals surface area contributed by atoms with Crippen molar-refractivity contribution in [3.05, 3.63) is 84.1 Å². The van der Waals surface area contributed by atoms with Crippen molar-refractivity contribution in [1.29, 1.82) is 5.26 Å². The van der Waals surface area contributed by atoms with Crippen LogP contribution < -0.4 is 9.62 Å². The Bertz CT molecular complexity index is 1270. The highest BCUT2D eigenvalue weighted by molar-refractivity contribution is 7.89. The van der Waals surface area contributed by atoms with E-state index in [2.05, 4.69) is 4.72 Å². The molecule has 0 spiro atoms. The maximum Gasteiger partial charge on any atom is 0.338 e. The van der Waals surface area contributed by atoms with Crippen molar-refractivity contribution >= 4 is 27.6 Å². The molecule has 0 unspecified atom stereocenters. The van der Waals surface area contributed by atoms with Crippen molar-refractivity contribution in [2.75, 3.05) is 18.1 Å². The second-order valence-corrected chi connectivity index (χ2v) is 8.70. The average molecular weight is 485 g/mol.